The molecule has 1 unspecified atom stereocenters. The zero-order chi connectivity index (χ0) is 83.4. The van der Waals surface area contributed by atoms with Crippen molar-refractivity contribution in [1.29, 1.82) is 0 Å². The van der Waals surface area contributed by atoms with Crippen molar-refractivity contribution in [3.05, 3.63) is 60.7 Å². The number of imide groups is 1. The molecule has 2 aromatic carbocycles. The molecule has 114 heavy (non-hydrogen) atoms. The summed E-state index contributed by atoms with van der Waals surface area (Å²) in [7, 11) is -5.36. The second-order valence-electron chi connectivity index (χ2n) is 31.7. The van der Waals surface area contributed by atoms with Crippen molar-refractivity contribution >= 4 is 113 Å². The van der Waals surface area contributed by atoms with Crippen LogP contribution in [0.25, 0.3) is 0 Å². The number of amides is 2. The molecule has 20 nitrogen and oxygen atoms in total. The molecule has 2 heterocycles. The van der Waals surface area contributed by atoms with Crippen molar-refractivity contribution in [2.24, 2.45) is 0 Å². The highest BCUT2D eigenvalue weighted by atomic mass is 35.6. The minimum absolute atomic E-state index is 0.0426. The monoisotopic (exact) mass is 1740 g/mol. The number of alkyl halides is 6. The van der Waals surface area contributed by atoms with Crippen LogP contribution in [0.2, 0.25) is 0 Å². The number of rotatable bonds is 64. The van der Waals surface area contributed by atoms with Crippen LogP contribution in [0.1, 0.15) is 350 Å². The highest BCUT2D eigenvalue weighted by molar-refractivity contribution is 7.49. The van der Waals surface area contributed by atoms with E-state index in [-0.39, 0.29) is 50.3 Å². The predicted octanol–water partition coefficient (Wildman–Crippen LogP) is 25.6. The molecule has 2 fully saturated rings. The van der Waals surface area contributed by atoms with Crippen LogP contribution in [0.5, 0.6) is 11.5 Å². The Morgan fingerprint density at radius 2 is 0.904 bits per heavy atom. The lowest BCUT2D eigenvalue weighted by Crippen LogP contribution is -2.79. The van der Waals surface area contributed by atoms with Crippen molar-refractivity contribution in [3.8, 4) is 11.5 Å². The molecule has 2 aliphatic heterocycles. The van der Waals surface area contributed by atoms with E-state index in [9.17, 15) is 19.5 Å². The third-order valence-electron chi connectivity index (χ3n) is 21.2. The van der Waals surface area contributed by atoms with Crippen molar-refractivity contribution < 1.29 is 85.2 Å². The first-order valence-electron chi connectivity index (χ1n) is 43.6. The Labute approximate surface area is 714 Å². The second kappa shape index (κ2) is 59.2. The van der Waals surface area contributed by atoms with Crippen molar-refractivity contribution in [3.63, 3.8) is 0 Å². The third-order valence-corrected chi connectivity index (χ3v) is 24.3. The summed E-state index contributed by atoms with van der Waals surface area (Å²) in [6.07, 6.45) is 26.6. The molecule has 0 aromatic heterocycles. The summed E-state index contributed by atoms with van der Waals surface area (Å²) in [5, 5.41) is 13.6. The molecular weight excluding hydrogens is 1600 g/mol. The van der Waals surface area contributed by atoms with Crippen LogP contribution in [0.4, 0.5) is 9.59 Å². The summed E-state index contributed by atoms with van der Waals surface area (Å²) in [4.78, 5) is 93.3. The van der Waals surface area contributed by atoms with Gasteiger partial charge in [0.25, 0.3) is 0 Å². The normalized spacial score (nSPS) is 18.0. The summed E-state index contributed by atoms with van der Waals surface area (Å²) in [5.41, 5.74) is -4.70. The number of esters is 3. The molecule has 7 atom stereocenters. The van der Waals surface area contributed by atoms with Gasteiger partial charge in [0, 0.05) is 19.4 Å². The summed E-state index contributed by atoms with van der Waals surface area (Å²) >= 11 is 38.0. The molecule has 27 heteroatoms. The van der Waals surface area contributed by atoms with Gasteiger partial charge in [0.1, 0.15) is 49.1 Å². The molecule has 654 valence electrons. The zero-order valence-corrected chi connectivity index (χ0v) is 75.1. The highest BCUT2D eigenvalue weighted by Gasteiger charge is 2.67. The lowest BCUT2D eigenvalue weighted by Gasteiger charge is -2.55. The molecule has 4 rings (SSSR count). The number of carbonyl (C=O) groups excluding carboxylic acids is 6. The molecular formula is C87H141Cl6N2O18P. The predicted molar refractivity (Wildman–Crippen MR) is 456 cm³/mol. The minimum Gasteiger partial charge on any atom is -0.462 e. The molecule has 2 aromatic rings. The number of para-hydroxylation sites is 2. The van der Waals surface area contributed by atoms with Gasteiger partial charge in [-0.05, 0) is 103 Å². The van der Waals surface area contributed by atoms with Gasteiger partial charge in [-0.25, -0.2) is 19.1 Å². The quantitative estimate of drug-likeness (QED) is 0.0213. The molecule has 0 spiro atoms. The summed E-state index contributed by atoms with van der Waals surface area (Å²) in [5.74, 6) is -3.49. The van der Waals surface area contributed by atoms with Crippen LogP contribution in [-0.4, -0.2) is 139 Å². The SMILES string of the molecule is CCCCCCCCCCCCCC(=O)O[C@H](CCCCCCCCCCC)CC(=O)O[C@H]1[C@H](OP(=O)(Oc2ccccc2)Oc2ccccc2)[C@@H](COC(=O)OC(C)(C)C(Cl)(Cl)Cl)O[C@@H](O)C1(CN1CCCC1)N(C(=O)C[C@@H](CCCCCCCCCCC)OC(=O)CCCCCCCCCCCCC)C(=O)OCC(Cl)(Cl)Cl. The fraction of sp³-hybridized carbons (Fsp3) is 0.793. The first-order valence-corrected chi connectivity index (χ1v) is 47.3. The molecule has 2 saturated heterocycles. The van der Waals surface area contributed by atoms with Gasteiger partial charge >= 0.3 is 38.0 Å². The Morgan fingerprint density at radius 3 is 1.29 bits per heavy atom. The number of phosphoric acid groups is 1. The van der Waals surface area contributed by atoms with E-state index in [1.807, 2.05) is 0 Å². The van der Waals surface area contributed by atoms with Crippen LogP contribution < -0.4 is 9.05 Å². The average Bonchev–Trinajstić information content (AvgIpc) is 0.819. The van der Waals surface area contributed by atoms with Gasteiger partial charge in [0.15, 0.2) is 23.5 Å². The standard InChI is InChI=1S/C87H141Cl6N2O18P/c1-7-11-15-19-23-27-29-33-37-41-51-61-76(97)106-72(59-45-39-35-31-25-21-17-13-9-3)65-75(96)95(82(101)105-69-86(88,89)90)85(68-94-63-53-54-64-94)80(109-78(99)66-73(60-46-40-36-32-26-22-18-14-10-4)107-77(98)62-52-42-38-34-30-28-24-20-16-12-8-2)79(74(108-81(85)100)67-104-83(102)110-84(5,6)87(91,92)93)113-114(103,111-70-55-47-43-48-56-70)112-71-57-49-44-50-58-71/h43-44,47-50,55-58,72-74,79-81,100H,7-42,45-46,51-54,59-69H2,1-6H3/t72-,73-,74-,79-,80+,81-,85?/m1/s1. The Kier molecular flexibility index (Phi) is 53.4. The van der Waals surface area contributed by atoms with E-state index in [0.29, 0.717) is 43.4 Å². The number of nitrogens with zero attached hydrogens (tertiary/aromatic N) is 2. The second-order valence-corrected chi connectivity index (χ2v) is 38.0. The molecule has 0 saturated carbocycles. The van der Waals surface area contributed by atoms with Gasteiger partial charge in [0.2, 0.25) is 13.5 Å². The lowest BCUT2D eigenvalue weighted by atomic mass is 9.80. The Bertz CT molecular complexity index is 2920. The molecule has 1 N–H and O–H groups in total. The van der Waals surface area contributed by atoms with Crippen molar-refractivity contribution in [1.82, 2.24) is 9.80 Å². The smallest absolute Gasteiger partial charge is 0.462 e. The number of halogens is 6. The number of likely N-dealkylation sites (tertiary alicyclic amines) is 1. The van der Waals surface area contributed by atoms with Gasteiger partial charge in [-0.2, -0.15) is 0 Å². The fourth-order valence-electron chi connectivity index (χ4n) is 14.6. The van der Waals surface area contributed by atoms with Gasteiger partial charge < -0.3 is 52.2 Å². The topological polar surface area (TPSA) is 238 Å². The van der Waals surface area contributed by atoms with Crippen LogP contribution >= 0.6 is 77.4 Å². The number of phosphoric ester groups is 1. The lowest BCUT2D eigenvalue weighted by molar-refractivity contribution is -0.304. The van der Waals surface area contributed by atoms with Gasteiger partial charge in [-0.15, -0.1) is 0 Å². The van der Waals surface area contributed by atoms with E-state index >= 15 is 18.9 Å². The number of unbranched alkanes of at least 4 members (excludes halogenated alkanes) is 36. The Balaban J connectivity index is 2.01. The van der Waals surface area contributed by atoms with E-state index < -0.39 is 132 Å². The third kappa shape index (κ3) is 43.1. The summed E-state index contributed by atoms with van der Waals surface area (Å²) in [6.45, 7) is 9.28. The Hall–Kier alpha value is -3.53. The first-order chi connectivity index (χ1) is 54.7. The minimum atomic E-state index is -5.36. The van der Waals surface area contributed by atoms with Crippen LogP contribution in [0.15, 0.2) is 60.7 Å². The zero-order valence-electron chi connectivity index (χ0n) is 69.7. The maximum absolute atomic E-state index is 16.5. The Morgan fingerprint density at radius 1 is 0.526 bits per heavy atom. The summed E-state index contributed by atoms with van der Waals surface area (Å²) < 4.78 is 74.5. The maximum atomic E-state index is 16.5. The van der Waals surface area contributed by atoms with Crippen LogP contribution in [0, 0.1) is 0 Å². The fourth-order valence-corrected chi connectivity index (χ4v) is 16.3. The summed E-state index contributed by atoms with van der Waals surface area (Å²) in [6, 6.07) is 15.6. The molecule has 0 bridgehead atoms. The van der Waals surface area contributed by atoms with E-state index in [1.54, 1.807) is 41.3 Å². The highest BCUT2D eigenvalue weighted by Crippen LogP contribution is 2.54. The van der Waals surface area contributed by atoms with E-state index in [2.05, 4.69) is 27.7 Å². The molecule has 2 aliphatic rings. The van der Waals surface area contributed by atoms with Crippen molar-refractivity contribution in [2.75, 3.05) is 32.8 Å². The first kappa shape index (κ1) is 103. The number of aliphatic hydroxyl groups excluding tert-OH is 1. The van der Waals surface area contributed by atoms with Crippen LogP contribution in [-0.2, 0) is 61.4 Å². The van der Waals surface area contributed by atoms with E-state index in [4.69, 9.17) is 116 Å². The number of hydrogen-bond donors (Lipinski definition) is 1. The number of benzene rings is 2. The number of aliphatic hydroxyl groups is 1. The maximum Gasteiger partial charge on any atom is 0.588 e. The number of hydrogen-bond acceptors (Lipinski definition) is 19. The molecule has 2 amide bonds. The van der Waals surface area contributed by atoms with Gasteiger partial charge in [0.05, 0.1) is 12.8 Å². The van der Waals surface area contributed by atoms with E-state index in [0.717, 1.165) is 167 Å². The van der Waals surface area contributed by atoms with Gasteiger partial charge in [-0.1, -0.05) is 365 Å². The van der Waals surface area contributed by atoms with Crippen LogP contribution in [0.3, 0.4) is 0 Å². The average molecular weight is 1750 g/mol. The largest absolute Gasteiger partial charge is 0.588 e. The molecule has 0 radical (unpaired) electrons. The molecule has 0 aliphatic carbocycles. The van der Waals surface area contributed by atoms with Gasteiger partial charge in [-0.3, -0.25) is 23.7 Å². The number of carbonyl (C=O) groups is 6. The van der Waals surface area contributed by atoms with E-state index in [1.165, 1.54) is 102 Å². The van der Waals surface area contributed by atoms with Crippen molar-refractivity contribution in [2.45, 2.75) is 405 Å². The number of ether oxygens (including phenoxy) is 7.